The first kappa shape index (κ1) is 6.43. The van der Waals surface area contributed by atoms with Crippen molar-refractivity contribution in [2.24, 2.45) is 0 Å². The van der Waals surface area contributed by atoms with Crippen molar-refractivity contribution >= 4 is 11.8 Å². The predicted octanol–water partition coefficient (Wildman–Crippen LogP) is 1.53. The van der Waals surface area contributed by atoms with Gasteiger partial charge in [0.2, 0.25) is 0 Å². The molecule has 1 heterocycles. The molecule has 1 aliphatic rings. The third-order valence-corrected chi connectivity index (χ3v) is 2.82. The van der Waals surface area contributed by atoms with Crippen LogP contribution in [0.3, 0.4) is 0 Å². The van der Waals surface area contributed by atoms with Gasteiger partial charge in [-0.3, -0.25) is 0 Å². The van der Waals surface area contributed by atoms with Crippen LogP contribution in [0.4, 0.5) is 0 Å². The van der Waals surface area contributed by atoms with E-state index in [0.29, 0.717) is 11.4 Å². The zero-order valence-corrected chi connectivity index (χ0v) is 6.20. The van der Waals surface area contributed by atoms with Crippen LogP contribution in [0, 0.1) is 0 Å². The highest BCUT2D eigenvalue weighted by Gasteiger charge is 2.16. The van der Waals surface area contributed by atoms with Crippen molar-refractivity contribution in [3.05, 3.63) is 0 Å². The lowest BCUT2D eigenvalue weighted by molar-refractivity contribution is 0.0725. The van der Waals surface area contributed by atoms with Gasteiger partial charge in [-0.1, -0.05) is 6.92 Å². The summed E-state index contributed by atoms with van der Waals surface area (Å²) < 4.78 is 5.37. The van der Waals surface area contributed by atoms with Crippen LogP contribution in [-0.4, -0.2) is 23.7 Å². The zero-order valence-electron chi connectivity index (χ0n) is 5.39. The van der Waals surface area contributed by atoms with E-state index in [1.54, 1.807) is 0 Å². The fourth-order valence-electron chi connectivity index (χ4n) is 0.739. The molecule has 8 heavy (non-hydrogen) atoms. The molecule has 0 radical (unpaired) electrons. The van der Waals surface area contributed by atoms with Crippen LogP contribution in [0.25, 0.3) is 0 Å². The molecule has 0 N–H and O–H groups in total. The van der Waals surface area contributed by atoms with Gasteiger partial charge in [-0.15, -0.1) is 0 Å². The van der Waals surface area contributed by atoms with E-state index in [4.69, 9.17) is 4.74 Å². The Morgan fingerprint density at radius 1 is 1.50 bits per heavy atom. The Morgan fingerprint density at radius 3 is 2.62 bits per heavy atom. The summed E-state index contributed by atoms with van der Waals surface area (Å²) >= 11 is 2.00. The first-order chi connectivity index (χ1) is 3.80. The average Bonchev–Trinajstić information content (AvgIpc) is 1.77. The predicted molar refractivity (Wildman–Crippen MR) is 37.3 cm³/mol. The lowest BCUT2D eigenvalue weighted by Gasteiger charge is -2.24. The molecule has 48 valence electrons. The maximum atomic E-state index is 5.37. The zero-order chi connectivity index (χ0) is 5.98. The van der Waals surface area contributed by atoms with Gasteiger partial charge in [0.1, 0.15) is 0 Å². The molecule has 0 aliphatic carbocycles. The monoisotopic (exact) mass is 132 g/mol. The van der Waals surface area contributed by atoms with E-state index >= 15 is 0 Å². The van der Waals surface area contributed by atoms with E-state index in [1.165, 1.54) is 5.75 Å². The van der Waals surface area contributed by atoms with Crippen molar-refractivity contribution < 1.29 is 4.74 Å². The number of hydrogen-bond donors (Lipinski definition) is 0. The summed E-state index contributed by atoms with van der Waals surface area (Å²) in [6.07, 6.45) is 0.466. The van der Waals surface area contributed by atoms with Crippen molar-refractivity contribution in [3.8, 4) is 0 Å². The molecule has 2 heteroatoms. The quantitative estimate of drug-likeness (QED) is 0.494. The minimum absolute atomic E-state index is 0.466. The summed E-state index contributed by atoms with van der Waals surface area (Å²) in [7, 11) is 0. The van der Waals surface area contributed by atoms with Crippen molar-refractivity contribution in [2.45, 2.75) is 25.2 Å². The Balaban J connectivity index is 2.28. The summed E-state index contributed by atoms with van der Waals surface area (Å²) in [4.78, 5) is 0. The van der Waals surface area contributed by atoms with Gasteiger partial charge < -0.3 is 4.74 Å². The molecular weight excluding hydrogens is 120 g/mol. The Labute approximate surface area is 54.8 Å². The normalized spacial score (nSPS) is 39.8. The third-order valence-electron chi connectivity index (χ3n) is 1.51. The van der Waals surface area contributed by atoms with Crippen molar-refractivity contribution in [3.63, 3.8) is 0 Å². The number of rotatable bonds is 0. The van der Waals surface area contributed by atoms with Crippen molar-refractivity contribution in [1.82, 2.24) is 0 Å². The molecule has 1 saturated heterocycles. The van der Waals surface area contributed by atoms with Gasteiger partial charge in [-0.05, 0) is 6.92 Å². The first-order valence-corrected chi connectivity index (χ1v) is 4.09. The van der Waals surface area contributed by atoms with Gasteiger partial charge in [0.05, 0.1) is 12.7 Å². The summed E-state index contributed by atoms with van der Waals surface area (Å²) in [5.74, 6) is 1.17. The van der Waals surface area contributed by atoms with Crippen LogP contribution in [0.2, 0.25) is 0 Å². The topological polar surface area (TPSA) is 9.23 Å². The van der Waals surface area contributed by atoms with Crippen molar-refractivity contribution in [1.29, 1.82) is 0 Å². The minimum atomic E-state index is 0.466. The molecule has 1 nitrogen and oxygen atoms in total. The van der Waals surface area contributed by atoms with Gasteiger partial charge in [0.25, 0.3) is 0 Å². The smallest absolute Gasteiger partial charge is 0.0663 e. The minimum Gasteiger partial charge on any atom is -0.377 e. The molecule has 0 aromatic heterocycles. The maximum absolute atomic E-state index is 5.37. The molecular formula is C6H12OS. The largest absolute Gasteiger partial charge is 0.377 e. The summed E-state index contributed by atoms with van der Waals surface area (Å²) in [5.41, 5.74) is 0. The molecule has 0 amide bonds. The van der Waals surface area contributed by atoms with Crippen LogP contribution in [0.15, 0.2) is 0 Å². The van der Waals surface area contributed by atoms with E-state index in [9.17, 15) is 0 Å². The highest BCUT2D eigenvalue weighted by Crippen LogP contribution is 2.20. The van der Waals surface area contributed by atoms with Crippen LogP contribution in [0.1, 0.15) is 13.8 Å². The highest BCUT2D eigenvalue weighted by molar-refractivity contribution is 8.00. The van der Waals surface area contributed by atoms with Gasteiger partial charge >= 0.3 is 0 Å². The Bertz CT molecular complexity index is 64.9. The van der Waals surface area contributed by atoms with E-state index in [2.05, 4.69) is 13.8 Å². The standard InChI is InChI=1S/C6H12OS/c1-5-6(2)8-4-3-7-5/h5-6H,3-4H2,1-2H3/t5-,6-/m1/s1. The van der Waals surface area contributed by atoms with E-state index < -0.39 is 0 Å². The van der Waals surface area contributed by atoms with Crippen molar-refractivity contribution in [2.75, 3.05) is 12.4 Å². The highest BCUT2D eigenvalue weighted by atomic mass is 32.2. The molecule has 0 spiro atoms. The van der Waals surface area contributed by atoms with Crippen LogP contribution < -0.4 is 0 Å². The first-order valence-electron chi connectivity index (χ1n) is 3.04. The second kappa shape index (κ2) is 2.74. The third kappa shape index (κ3) is 1.39. The van der Waals surface area contributed by atoms with Crippen LogP contribution in [0.5, 0.6) is 0 Å². The maximum Gasteiger partial charge on any atom is 0.0663 e. The summed E-state index contributed by atoms with van der Waals surface area (Å²) in [6.45, 7) is 5.29. The van der Waals surface area contributed by atoms with Gasteiger partial charge in [-0.25, -0.2) is 0 Å². The fourth-order valence-corrected chi connectivity index (χ4v) is 1.65. The summed E-state index contributed by atoms with van der Waals surface area (Å²) in [6, 6.07) is 0. The van der Waals surface area contributed by atoms with E-state index in [1.807, 2.05) is 11.8 Å². The molecule has 0 bridgehead atoms. The Morgan fingerprint density at radius 2 is 2.25 bits per heavy atom. The molecule has 0 saturated carbocycles. The van der Waals surface area contributed by atoms with Gasteiger partial charge in [0.15, 0.2) is 0 Å². The molecule has 1 fully saturated rings. The number of ether oxygens (including phenoxy) is 1. The van der Waals surface area contributed by atoms with Crippen LogP contribution in [-0.2, 0) is 4.74 Å². The molecule has 2 atom stereocenters. The lowest BCUT2D eigenvalue weighted by Crippen LogP contribution is -2.27. The molecule has 0 aromatic carbocycles. The average molecular weight is 132 g/mol. The molecule has 0 aromatic rings. The second-order valence-electron chi connectivity index (χ2n) is 2.15. The SMILES string of the molecule is C[C@H]1OCCS[C@@H]1C. The Kier molecular flexibility index (Phi) is 2.20. The lowest BCUT2D eigenvalue weighted by atomic mass is 10.3. The van der Waals surface area contributed by atoms with Gasteiger partial charge in [0, 0.05) is 11.0 Å². The fraction of sp³-hybridized carbons (Fsp3) is 1.00. The van der Waals surface area contributed by atoms with E-state index in [-0.39, 0.29) is 0 Å². The van der Waals surface area contributed by atoms with Gasteiger partial charge in [-0.2, -0.15) is 11.8 Å². The molecule has 0 unspecified atom stereocenters. The number of thioether (sulfide) groups is 1. The number of hydrogen-bond acceptors (Lipinski definition) is 2. The second-order valence-corrected chi connectivity index (χ2v) is 3.64. The molecule has 1 rings (SSSR count). The van der Waals surface area contributed by atoms with Crippen LogP contribution >= 0.6 is 11.8 Å². The summed E-state index contributed by atoms with van der Waals surface area (Å²) in [5, 5.41) is 0.698. The van der Waals surface area contributed by atoms with E-state index in [0.717, 1.165) is 6.61 Å². The molecule has 1 aliphatic heterocycles. The Hall–Kier alpha value is 0.310.